The summed E-state index contributed by atoms with van der Waals surface area (Å²) in [7, 11) is 0. The molecule has 0 unspecified atom stereocenters. The molecule has 0 saturated carbocycles. The van der Waals surface area contributed by atoms with Crippen molar-refractivity contribution in [1.29, 1.82) is 10.5 Å². The first-order valence-corrected chi connectivity index (χ1v) is 12.1. The molecule has 0 atom stereocenters. The van der Waals surface area contributed by atoms with E-state index >= 15 is 0 Å². The molecule has 3 heterocycles. The standard InChI is InChI=1S/C24H19N5O3S2/c1-14-20(28-23(32-14)16-6-9-33-12-16)13-34-24-19(11-26)21(18(10-25)22(27)29-24)15-2-4-17(5-3-15)31-8-7-30/h2-6,9,12,30H,7-8,13H2,1H3,(H2,27,29). The smallest absolute Gasteiger partial charge is 0.227 e. The van der Waals surface area contributed by atoms with Gasteiger partial charge in [0.25, 0.3) is 0 Å². The molecule has 170 valence electrons. The molecule has 0 spiro atoms. The summed E-state index contributed by atoms with van der Waals surface area (Å²) in [5.74, 6) is 2.27. The van der Waals surface area contributed by atoms with E-state index in [0.717, 1.165) is 11.3 Å². The van der Waals surface area contributed by atoms with Crippen LogP contribution in [0.3, 0.4) is 0 Å². The van der Waals surface area contributed by atoms with E-state index in [9.17, 15) is 10.5 Å². The maximum atomic E-state index is 9.98. The van der Waals surface area contributed by atoms with Gasteiger partial charge in [-0.05, 0) is 36.1 Å². The molecule has 3 aromatic heterocycles. The molecule has 0 aliphatic carbocycles. The van der Waals surface area contributed by atoms with Crippen molar-refractivity contribution >= 4 is 28.9 Å². The third-order valence-corrected chi connectivity index (χ3v) is 6.59. The van der Waals surface area contributed by atoms with Gasteiger partial charge in [0.05, 0.1) is 17.9 Å². The number of hydrogen-bond acceptors (Lipinski definition) is 10. The second kappa shape index (κ2) is 10.4. The van der Waals surface area contributed by atoms with Crippen molar-refractivity contribution in [3.05, 3.63) is 63.7 Å². The van der Waals surface area contributed by atoms with Gasteiger partial charge in [-0.25, -0.2) is 9.97 Å². The summed E-state index contributed by atoms with van der Waals surface area (Å²) < 4.78 is 11.2. The first-order chi connectivity index (χ1) is 16.5. The Bertz CT molecular complexity index is 1380. The highest BCUT2D eigenvalue weighted by atomic mass is 32.2. The Hall–Kier alpha value is -3.83. The predicted molar refractivity (Wildman–Crippen MR) is 130 cm³/mol. The zero-order valence-corrected chi connectivity index (χ0v) is 19.7. The molecule has 34 heavy (non-hydrogen) atoms. The molecular formula is C24H19N5O3S2. The number of nitrogens with two attached hydrogens (primary N) is 1. The Kier molecular flexibility index (Phi) is 7.14. The van der Waals surface area contributed by atoms with E-state index in [2.05, 4.69) is 22.1 Å². The summed E-state index contributed by atoms with van der Waals surface area (Å²) in [4.78, 5) is 8.93. The number of aromatic nitrogens is 2. The van der Waals surface area contributed by atoms with Gasteiger partial charge in [-0.3, -0.25) is 0 Å². The molecule has 8 nitrogen and oxygen atoms in total. The van der Waals surface area contributed by atoms with E-state index in [1.54, 1.807) is 35.6 Å². The molecule has 0 saturated heterocycles. The minimum Gasteiger partial charge on any atom is -0.491 e. The molecule has 4 rings (SSSR count). The Morgan fingerprint density at radius 3 is 2.53 bits per heavy atom. The van der Waals surface area contributed by atoms with Crippen LogP contribution in [-0.4, -0.2) is 28.3 Å². The van der Waals surface area contributed by atoms with Crippen LogP contribution in [-0.2, 0) is 5.75 Å². The fourth-order valence-corrected chi connectivity index (χ4v) is 4.91. The predicted octanol–water partition coefficient (Wildman–Crippen LogP) is 4.76. The van der Waals surface area contributed by atoms with Crippen LogP contribution in [0.25, 0.3) is 22.6 Å². The van der Waals surface area contributed by atoms with Crippen LogP contribution in [0.1, 0.15) is 22.6 Å². The maximum Gasteiger partial charge on any atom is 0.227 e. The van der Waals surface area contributed by atoms with E-state index in [0.29, 0.717) is 39.3 Å². The van der Waals surface area contributed by atoms with E-state index < -0.39 is 0 Å². The van der Waals surface area contributed by atoms with Crippen molar-refractivity contribution in [3.63, 3.8) is 0 Å². The van der Waals surface area contributed by atoms with E-state index in [-0.39, 0.29) is 30.2 Å². The van der Waals surface area contributed by atoms with Crippen molar-refractivity contribution in [2.45, 2.75) is 17.7 Å². The summed E-state index contributed by atoms with van der Waals surface area (Å²) in [5, 5.41) is 33.0. The minimum absolute atomic E-state index is 0.0513. The minimum atomic E-state index is -0.0971. The van der Waals surface area contributed by atoms with E-state index in [1.165, 1.54) is 11.8 Å². The number of nitrogens with zero attached hydrogens (tertiary/aromatic N) is 4. The Labute approximate surface area is 204 Å². The monoisotopic (exact) mass is 489 g/mol. The van der Waals surface area contributed by atoms with Gasteiger partial charge >= 0.3 is 0 Å². The SMILES string of the molecule is Cc1oc(-c2ccsc2)nc1CSc1nc(N)c(C#N)c(-c2ccc(OCCO)cc2)c1C#N. The van der Waals surface area contributed by atoms with Gasteiger partial charge in [-0.1, -0.05) is 23.9 Å². The number of aliphatic hydroxyl groups is 1. The average molecular weight is 490 g/mol. The molecular weight excluding hydrogens is 470 g/mol. The molecule has 0 amide bonds. The first-order valence-electron chi connectivity index (χ1n) is 10.1. The lowest BCUT2D eigenvalue weighted by molar-refractivity contribution is 0.201. The number of anilines is 1. The van der Waals surface area contributed by atoms with Gasteiger partial charge in [-0.2, -0.15) is 21.9 Å². The fourth-order valence-electron chi connectivity index (χ4n) is 3.28. The number of aliphatic hydroxyl groups excluding tert-OH is 1. The summed E-state index contributed by atoms with van der Waals surface area (Å²) in [6.07, 6.45) is 0. The molecule has 10 heteroatoms. The number of thiophene rings is 1. The highest BCUT2D eigenvalue weighted by molar-refractivity contribution is 7.98. The Morgan fingerprint density at radius 1 is 1.12 bits per heavy atom. The highest BCUT2D eigenvalue weighted by Gasteiger charge is 2.21. The van der Waals surface area contributed by atoms with Crippen molar-refractivity contribution in [3.8, 4) is 40.5 Å². The van der Waals surface area contributed by atoms with Crippen LogP contribution < -0.4 is 10.5 Å². The maximum absolute atomic E-state index is 9.98. The number of thioether (sulfide) groups is 1. The van der Waals surface area contributed by atoms with Gasteiger partial charge < -0.3 is 20.0 Å². The molecule has 0 radical (unpaired) electrons. The number of pyridine rings is 1. The molecule has 4 aromatic rings. The molecule has 1 aromatic carbocycles. The van der Waals surface area contributed by atoms with Crippen LogP contribution in [0.5, 0.6) is 5.75 Å². The second-order valence-corrected chi connectivity index (χ2v) is 8.81. The van der Waals surface area contributed by atoms with Crippen LogP contribution in [0.2, 0.25) is 0 Å². The van der Waals surface area contributed by atoms with Crippen LogP contribution in [0.15, 0.2) is 50.5 Å². The van der Waals surface area contributed by atoms with Gasteiger partial charge in [0.2, 0.25) is 5.89 Å². The Balaban J connectivity index is 1.67. The lowest BCUT2D eigenvalue weighted by Crippen LogP contribution is -2.04. The normalized spacial score (nSPS) is 10.6. The largest absolute Gasteiger partial charge is 0.491 e. The number of rotatable bonds is 8. The number of nitriles is 2. The zero-order chi connectivity index (χ0) is 24.1. The van der Waals surface area contributed by atoms with E-state index in [4.69, 9.17) is 20.0 Å². The summed E-state index contributed by atoms with van der Waals surface area (Å²) in [6, 6.07) is 13.1. The number of oxazole rings is 1. The van der Waals surface area contributed by atoms with Crippen LogP contribution >= 0.6 is 23.1 Å². The Morgan fingerprint density at radius 2 is 1.88 bits per heavy atom. The highest BCUT2D eigenvalue weighted by Crippen LogP contribution is 2.37. The van der Waals surface area contributed by atoms with Crippen molar-refractivity contribution in [2.75, 3.05) is 18.9 Å². The third-order valence-electron chi connectivity index (χ3n) is 4.93. The van der Waals surface area contributed by atoms with Crippen molar-refractivity contribution < 1.29 is 14.3 Å². The van der Waals surface area contributed by atoms with Crippen molar-refractivity contribution in [2.24, 2.45) is 0 Å². The zero-order valence-electron chi connectivity index (χ0n) is 18.1. The molecule has 0 fully saturated rings. The lowest BCUT2D eigenvalue weighted by atomic mass is 9.97. The third kappa shape index (κ3) is 4.75. The van der Waals surface area contributed by atoms with Crippen LogP contribution in [0, 0.1) is 29.6 Å². The summed E-state index contributed by atoms with van der Waals surface area (Å²) in [5.41, 5.74) is 9.23. The number of nitrogen functional groups attached to an aromatic ring is 1. The second-order valence-electron chi connectivity index (χ2n) is 7.07. The lowest BCUT2D eigenvalue weighted by Gasteiger charge is -2.13. The number of benzene rings is 1. The van der Waals surface area contributed by atoms with Gasteiger partial charge in [-0.15, -0.1) is 0 Å². The quantitative estimate of drug-likeness (QED) is 0.335. The molecule has 0 aliphatic heterocycles. The first kappa shape index (κ1) is 23.3. The molecule has 0 bridgehead atoms. The number of ether oxygens (including phenoxy) is 1. The van der Waals surface area contributed by atoms with Gasteiger partial charge in [0.15, 0.2) is 0 Å². The summed E-state index contributed by atoms with van der Waals surface area (Å²) in [6.45, 7) is 1.92. The topological polar surface area (TPSA) is 142 Å². The van der Waals surface area contributed by atoms with Gasteiger partial charge in [0, 0.05) is 22.3 Å². The number of aryl methyl sites for hydroxylation is 1. The van der Waals surface area contributed by atoms with E-state index in [1.807, 2.05) is 23.8 Å². The number of hydrogen-bond donors (Lipinski definition) is 2. The fraction of sp³-hybridized carbons (Fsp3) is 0.167. The van der Waals surface area contributed by atoms with Crippen LogP contribution in [0.4, 0.5) is 5.82 Å². The molecule has 0 aliphatic rings. The summed E-state index contributed by atoms with van der Waals surface area (Å²) >= 11 is 2.87. The van der Waals surface area contributed by atoms with Crippen molar-refractivity contribution in [1.82, 2.24) is 9.97 Å². The van der Waals surface area contributed by atoms with Gasteiger partial charge in [0.1, 0.15) is 46.7 Å². The average Bonchev–Trinajstić information content (AvgIpc) is 3.51. The molecule has 3 N–H and O–H groups in total.